The lowest BCUT2D eigenvalue weighted by molar-refractivity contribution is 0.405. The fourth-order valence-corrected chi connectivity index (χ4v) is 2.72. The Morgan fingerprint density at radius 3 is 2.43 bits per heavy atom. The lowest BCUT2D eigenvalue weighted by Gasteiger charge is -2.16. The molecule has 0 aliphatic carbocycles. The fourth-order valence-electron chi connectivity index (χ4n) is 2.72. The van der Waals surface area contributed by atoms with Crippen molar-refractivity contribution in [1.29, 1.82) is 0 Å². The molecule has 1 atom stereocenters. The molecule has 0 aliphatic rings. The largest absolute Gasteiger partial charge is 0.497 e. The zero-order valence-electron chi connectivity index (χ0n) is 16.7. The Hall–Kier alpha value is -3.28. The van der Waals surface area contributed by atoms with Gasteiger partial charge in [0.05, 0.1) is 25.6 Å². The number of nitrogens with zero attached hydrogens (tertiary/aromatic N) is 2. The van der Waals surface area contributed by atoms with Gasteiger partial charge in [-0.1, -0.05) is 37.3 Å². The van der Waals surface area contributed by atoms with Gasteiger partial charge in [-0.15, -0.1) is 0 Å². The standard InChI is InChI=1S/C22H26N4O2/c1-5-15(2)23-21-14-18(16-9-7-6-8-10-16)24-22(26-21)25-19-13-17(27-3)11-12-20(19)28-4/h6-15H,5H2,1-4H3,(H2,23,24,25,26). The van der Waals surface area contributed by atoms with Gasteiger partial charge in [0.25, 0.3) is 0 Å². The number of hydrogen-bond acceptors (Lipinski definition) is 6. The smallest absolute Gasteiger partial charge is 0.229 e. The molecule has 0 bridgehead atoms. The Labute approximate surface area is 166 Å². The predicted molar refractivity (Wildman–Crippen MR) is 114 cm³/mol. The molecule has 6 heteroatoms. The molecule has 28 heavy (non-hydrogen) atoms. The van der Waals surface area contributed by atoms with Crippen LogP contribution in [0.4, 0.5) is 17.5 Å². The summed E-state index contributed by atoms with van der Waals surface area (Å²) in [5, 5.41) is 6.70. The maximum atomic E-state index is 5.45. The maximum Gasteiger partial charge on any atom is 0.229 e. The van der Waals surface area contributed by atoms with Crippen molar-refractivity contribution in [2.75, 3.05) is 24.9 Å². The number of methoxy groups -OCH3 is 2. The molecule has 0 aliphatic heterocycles. The van der Waals surface area contributed by atoms with Crippen LogP contribution >= 0.6 is 0 Å². The highest BCUT2D eigenvalue weighted by atomic mass is 16.5. The molecule has 2 aromatic carbocycles. The molecule has 3 aromatic rings. The Kier molecular flexibility index (Phi) is 6.32. The first-order valence-corrected chi connectivity index (χ1v) is 9.33. The molecule has 2 N–H and O–H groups in total. The monoisotopic (exact) mass is 378 g/mol. The number of hydrogen-bond donors (Lipinski definition) is 2. The number of ether oxygens (including phenoxy) is 2. The van der Waals surface area contributed by atoms with E-state index in [1.165, 1.54) is 0 Å². The summed E-state index contributed by atoms with van der Waals surface area (Å²) in [4.78, 5) is 9.35. The third kappa shape index (κ3) is 4.71. The Balaban J connectivity index is 2.01. The van der Waals surface area contributed by atoms with Crippen LogP contribution < -0.4 is 20.1 Å². The van der Waals surface area contributed by atoms with Crippen LogP contribution in [0.1, 0.15) is 20.3 Å². The normalized spacial score (nSPS) is 11.6. The Bertz CT molecular complexity index is 916. The van der Waals surface area contributed by atoms with Gasteiger partial charge < -0.3 is 20.1 Å². The van der Waals surface area contributed by atoms with E-state index >= 15 is 0 Å². The molecular weight excluding hydrogens is 352 g/mol. The highest BCUT2D eigenvalue weighted by Crippen LogP contribution is 2.31. The van der Waals surface area contributed by atoms with Crippen LogP contribution in [-0.2, 0) is 0 Å². The first-order valence-electron chi connectivity index (χ1n) is 9.33. The summed E-state index contributed by atoms with van der Waals surface area (Å²) < 4.78 is 10.8. The van der Waals surface area contributed by atoms with Crippen molar-refractivity contribution in [2.24, 2.45) is 0 Å². The molecule has 6 nitrogen and oxygen atoms in total. The summed E-state index contributed by atoms with van der Waals surface area (Å²) in [7, 11) is 3.26. The molecule has 0 fully saturated rings. The van der Waals surface area contributed by atoms with Crippen LogP contribution in [0.3, 0.4) is 0 Å². The number of benzene rings is 2. The molecule has 0 amide bonds. The topological polar surface area (TPSA) is 68.3 Å². The van der Waals surface area contributed by atoms with Gasteiger partial charge in [0.1, 0.15) is 17.3 Å². The minimum Gasteiger partial charge on any atom is -0.497 e. The van der Waals surface area contributed by atoms with E-state index in [1.807, 2.05) is 54.6 Å². The van der Waals surface area contributed by atoms with Gasteiger partial charge in [-0.25, -0.2) is 4.98 Å². The molecule has 146 valence electrons. The number of aromatic nitrogens is 2. The quantitative estimate of drug-likeness (QED) is 0.567. The van der Waals surface area contributed by atoms with Crippen LogP contribution in [0.15, 0.2) is 54.6 Å². The Morgan fingerprint density at radius 2 is 1.75 bits per heavy atom. The summed E-state index contributed by atoms with van der Waals surface area (Å²) in [5.74, 6) is 2.66. The number of anilines is 3. The van der Waals surface area contributed by atoms with E-state index in [0.29, 0.717) is 17.7 Å². The van der Waals surface area contributed by atoms with Crippen molar-refractivity contribution >= 4 is 17.5 Å². The van der Waals surface area contributed by atoms with Crippen molar-refractivity contribution in [3.8, 4) is 22.8 Å². The molecule has 1 heterocycles. The van der Waals surface area contributed by atoms with E-state index in [-0.39, 0.29) is 0 Å². The highest BCUT2D eigenvalue weighted by Gasteiger charge is 2.11. The summed E-state index contributed by atoms with van der Waals surface area (Å²) in [6.45, 7) is 4.26. The van der Waals surface area contributed by atoms with E-state index in [0.717, 1.165) is 34.9 Å². The summed E-state index contributed by atoms with van der Waals surface area (Å²) in [6.07, 6.45) is 0.997. The van der Waals surface area contributed by atoms with Crippen molar-refractivity contribution in [1.82, 2.24) is 9.97 Å². The number of rotatable bonds is 8. The van der Waals surface area contributed by atoms with Crippen molar-refractivity contribution < 1.29 is 9.47 Å². The molecule has 0 radical (unpaired) electrons. The van der Waals surface area contributed by atoms with Gasteiger partial charge in [0.2, 0.25) is 5.95 Å². The van der Waals surface area contributed by atoms with Gasteiger partial charge in [-0.2, -0.15) is 4.98 Å². The second-order valence-electron chi connectivity index (χ2n) is 6.47. The average Bonchev–Trinajstić information content (AvgIpc) is 2.74. The zero-order chi connectivity index (χ0) is 19.9. The van der Waals surface area contributed by atoms with E-state index in [1.54, 1.807) is 14.2 Å². The van der Waals surface area contributed by atoms with Crippen LogP contribution in [0.25, 0.3) is 11.3 Å². The third-order valence-electron chi connectivity index (χ3n) is 4.46. The highest BCUT2D eigenvalue weighted by molar-refractivity contribution is 5.69. The molecule has 3 rings (SSSR count). The minimum absolute atomic E-state index is 0.303. The second kappa shape index (κ2) is 9.08. The SMILES string of the molecule is CCC(C)Nc1cc(-c2ccccc2)nc(Nc2cc(OC)ccc2OC)n1. The predicted octanol–water partition coefficient (Wildman–Crippen LogP) is 5.11. The summed E-state index contributed by atoms with van der Waals surface area (Å²) in [5.41, 5.74) is 2.60. The van der Waals surface area contributed by atoms with E-state index < -0.39 is 0 Å². The van der Waals surface area contributed by atoms with Crippen LogP contribution in [0, 0.1) is 0 Å². The molecule has 0 saturated heterocycles. The molecule has 1 unspecified atom stereocenters. The molecule has 0 saturated carbocycles. The summed E-state index contributed by atoms with van der Waals surface area (Å²) in [6, 6.07) is 17.9. The van der Waals surface area contributed by atoms with Crippen molar-refractivity contribution in [3.05, 3.63) is 54.6 Å². The molecular formula is C22H26N4O2. The lowest BCUT2D eigenvalue weighted by atomic mass is 10.1. The van der Waals surface area contributed by atoms with Crippen LogP contribution in [0.5, 0.6) is 11.5 Å². The van der Waals surface area contributed by atoms with Gasteiger partial charge in [-0.3, -0.25) is 0 Å². The van der Waals surface area contributed by atoms with Crippen molar-refractivity contribution in [3.63, 3.8) is 0 Å². The van der Waals surface area contributed by atoms with E-state index in [9.17, 15) is 0 Å². The lowest BCUT2D eigenvalue weighted by Crippen LogP contribution is -2.15. The molecule has 1 aromatic heterocycles. The van der Waals surface area contributed by atoms with Gasteiger partial charge in [-0.05, 0) is 25.5 Å². The fraction of sp³-hybridized carbons (Fsp3) is 0.273. The Morgan fingerprint density at radius 1 is 0.964 bits per heavy atom. The zero-order valence-corrected chi connectivity index (χ0v) is 16.7. The van der Waals surface area contributed by atoms with Gasteiger partial charge in [0, 0.05) is 23.7 Å². The number of nitrogens with one attached hydrogen (secondary N) is 2. The van der Waals surface area contributed by atoms with E-state index in [2.05, 4.69) is 29.5 Å². The average molecular weight is 378 g/mol. The van der Waals surface area contributed by atoms with Crippen LogP contribution in [-0.4, -0.2) is 30.2 Å². The van der Waals surface area contributed by atoms with Gasteiger partial charge >= 0.3 is 0 Å². The second-order valence-corrected chi connectivity index (χ2v) is 6.47. The summed E-state index contributed by atoms with van der Waals surface area (Å²) >= 11 is 0. The first-order chi connectivity index (χ1) is 13.6. The first kappa shape index (κ1) is 19.5. The van der Waals surface area contributed by atoms with Crippen molar-refractivity contribution in [2.45, 2.75) is 26.3 Å². The van der Waals surface area contributed by atoms with Crippen LogP contribution in [0.2, 0.25) is 0 Å². The van der Waals surface area contributed by atoms with E-state index in [4.69, 9.17) is 14.5 Å². The third-order valence-corrected chi connectivity index (χ3v) is 4.46. The molecule has 0 spiro atoms. The van der Waals surface area contributed by atoms with Gasteiger partial charge in [0.15, 0.2) is 0 Å². The maximum absolute atomic E-state index is 5.45. The minimum atomic E-state index is 0.303.